The molecule has 1 aromatic carbocycles. The van der Waals surface area contributed by atoms with Crippen LogP contribution in [0.2, 0.25) is 0 Å². The third-order valence-corrected chi connectivity index (χ3v) is 3.97. The molecule has 0 aliphatic carbocycles. The van der Waals surface area contributed by atoms with Gasteiger partial charge in [0, 0.05) is 30.4 Å². The lowest BCUT2D eigenvalue weighted by molar-refractivity contribution is 0.151. The SMILES string of the molecule is FC(F)c1cccc(-c2cnc3cnn(N4CCC4)c3c2)c1. The summed E-state index contributed by atoms with van der Waals surface area (Å²) in [5.41, 5.74) is 3.29. The second-order valence-corrected chi connectivity index (χ2v) is 5.40. The lowest BCUT2D eigenvalue weighted by Gasteiger charge is -2.32. The molecule has 1 aliphatic rings. The molecule has 1 aliphatic heterocycles. The van der Waals surface area contributed by atoms with Crippen molar-refractivity contribution in [3.05, 3.63) is 48.3 Å². The molecule has 4 rings (SSSR count). The van der Waals surface area contributed by atoms with Crippen LogP contribution < -0.4 is 5.01 Å². The van der Waals surface area contributed by atoms with Crippen LogP contribution in [0.25, 0.3) is 22.2 Å². The van der Waals surface area contributed by atoms with E-state index in [1.807, 2.05) is 16.9 Å². The van der Waals surface area contributed by atoms with Crippen molar-refractivity contribution in [2.24, 2.45) is 0 Å². The topological polar surface area (TPSA) is 34.0 Å². The maximum Gasteiger partial charge on any atom is 0.263 e. The van der Waals surface area contributed by atoms with Crippen molar-refractivity contribution in [3.63, 3.8) is 0 Å². The molecule has 0 unspecified atom stereocenters. The molecule has 4 nitrogen and oxygen atoms in total. The van der Waals surface area contributed by atoms with E-state index in [0.29, 0.717) is 0 Å². The summed E-state index contributed by atoms with van der Waals surface area (Å²) in [5, 5.41) is 6.49. The molecule has 22 heavy (non-hydrogen) atoms. The standard InChI is InChI=1S/C16H14F2N4/c17-16(18)12-4-1-3-11(7-12)13-8-15-14(19-9-13)10-20-22(15)21-5-2-6-21/h1,3-4,7-10,16H,2,5-6H2. The minimum Gasteiger partial charge on any atom is -0.296 e. The van der Waals surface area contributed by atoms with E-state index >= 15 is 0 Å². The summed E-state index contributed by atoms with van der Waals surface area (Å²) >= 11 is 0. The molecule has 0 radical (unpaired) electrons. The molecule has 1 saturated heterocycles. The highest BCUT2D eigenvalue weighted by molar-refractivity contribution is 5.80. The lowest BCUT2D eigenvalue weighted by Crippen LogP contribution is -2.46. The molecule has 0 N–H and O–H groups in total. The Morgan fingerprint density at radius 2 is 1.91 bits per heavy atom. The highest BCUT2D eigenvalue weighted by atomic mass is 19.3. The summed E-state index contributed by atoms with van der Waals surface area (Å²) in [5.74, 6) is 0. The molecule has 112 valence electrons. The number of halogens is 2. The second kappa shape index (κ2) is 5.05. The zero-order chi connectivity index (χ0) is 15.1. The highest BCUT2D eigenvalue weighted by Crippen LogP contribution is 2.27. The van der Waals surface area contributed by atoms with Crippen LogP contribution in [-0.4, -0.2) is 28.0 Å². The summed E-state index contributed by atoms with van der Waals surface area (Å²) < 4.78 is 25.7. The van der Waals surface area contributed by atoms with Gasteiger partial charge in [-0.25, -0.2) is 8.78 Å². The van der Waals surface area contributed by atoms with E-state index in [-0.39, 0.29) is 5.56 Å². The summed E-state index contributed by atoms with van der Waals surface area (Å²) in [6.45, 7) is 1.95. The average Bonchev–Trinajstić information content (AvgIpc) is 2.89. The third kappa shape index (κ3) is 2.11. The zero-order valence-electron chi connectivity index (χ0n) is 11.8. The normalized spacial score (nSPS) is 14.6. The Morgan fingerprint density at radius 3 is 2.64 bits per heavy atom. The van der Waals surface area contributed by atoms with Gasteiger partial charge in [0.1, 0.15) is 11.0 Å². The monoisotopic (exact) mass is 300 g/mol. The van der Waals surface area contributed by atoms with Gasteiger partial charge in [0.05, 0.1) is 6.20 Å². The molecular weight excluding hydrogens is 286 g/mol. The Labute approximate surface area is 126 Å². The van der Waals surface area contributed by atoms with E-state index < -0.39 is 6.43 Å². The van der Waals surface area contributed by atoms with Gasteiger partial charge in [-0.15, -0.1) is 0 Å². The summed E-state index contributed by atoms with van der Waals surface area (Å²) in [6.07, 6.45) is 2.12. The van der Waals surface area contributed by atoms with Crippen LogP contribution in [0.5, 0.6) is 0 Å². The van der Waals surface area contributed by atoms with Crippen molar-refractivity contribution in [3.8, 4) is 11.1 Å². The predicted molar refractivity (Wildman–Crippen MR) is 80.5 cm³/mol. The fraction of sp³-hybridized carbons (Fsp3) is 0.250. The van der Waals surface area contributed by atoms with Gasteiger partial charge < -0.3 is 0 Å². The first-order chi connectivity index (χ1) is 10.7. The Balaban J connectivity index is 1.80. The van der Waals surface area contributed by atoms with Crippen molar-refractivity contribution in [1.82, 2.24) is 14.9 Å². The highest BCUT2D eigenvalue weighted by Gasteiger charge is 2.18. The summed E-state index contributed by atoms with van der Waals surface area (Å²) in [7, 11) is 0. The van der Waals surface area contributed by atoms with Gasteiger partial charge in [-0.05, 0) is 24.1 Å². The Morgan fingerprint density at radius 1 is 1.05 bits per heavy atom. The van der Waals surface area contributed by atoms with Gasteiger partial charge in [-0.2, -0.15) is 9.89 Å². The van der Waals surface area contributed by atoms with Gasteiger partial charge in [-0.1, -0.05) is 18.2 Å². The number of nitrogens with zero attached hydrogens (tertiary/aromatic N) is 4. The van der Waals surface area contributed by atoms with Crippen LogP contribution in [0.15, 0.2) is 42.7 Å². The molecule has 2 aromatic heterocycles. The van der Waals surface area contributed by atoms with E-state index in [4.69, 9.17) is 0 Å². The molecule has 3 heterocycles. The number of hydrogen-bond donors (Lipinski definition) is 0. The van der Waals surface area contributed by atoms with E-state index in [0.717, 1.165) is 41.7 Å². The van der Waals surface area contributed by atoms with Gasteiger partial charge in [0.15, 0.2) is 0 Å². The number of pyridine rings is 1. The molecule has 0 saturated carbocycles. The van der Waals surface area contributed by atoms with E-state index in [1.54, 1.807) is 18.5 Å². The molecule has 3 aromatic rings. The number of hydrogen-bond acceptors (Lipinski definition) is 3. The molecule has 6 heteroatoms. The van der Waals surface area contributed by atoms with Crippen LogP contribution in [0.4, 0.5) is 8.78 Å². The zero-order valence-corrected chi connectivity index (χ0v) is 11.8. The second-order valence-electron chi connectivity index (χ2n) is 5.40. The largest absolute Gasteiger partial charge is 0.296 e. The van der Waals surface area contributed by atoms with Crippen molar-refractivity contribution in [1.29, 1.82) is 0 Å². The minimum absolute atomic E-state index is 0.0221. The molecule has 0 amide bonds. The molecule has 0 bridgehead atoms. The molecule has 0 spiro atoms. The Hall–Kier alpha value is -2.50. The van der Waals surface area contributed by atoms with Gasteiger partial charge in [0.2, 0.25) is 0 Å². The predicted octanol–water partition coefficient (Wildman–Crippen LogP) is 3.38. The van der Waals surface area contributed by atoms with Crippen LogP contribution in [-0.2, 0) is 0 Å². The lowest BCUT2D eigenvalue weighted by atomic mass is 10.0. The quantitative estimate of drug-likeness (QED) is 0.743. The molecule has 0 atom stereocenters. The van der Waals surface area contributed by atoms with Crippen molar-refractivity contribution < 1.29 is 8.78 Å². The minimum atomic E-state index is -2.47. The van der Waals surface area contributed by atoms with Crippen LogP contribution >= 0.6 is 0 Å². The first-order valence-electron chi connectivity index (χ1n) is 7.20. The average molecular weight is 300 g/mol. The number of alkyl halides is 2. The number of aromatic nitrogens is 3. The number of fused-ring (bicyclic) bond motifs is 1. The summed E-state index contributed by atoms with van der Waals surface area (Å²) in [6, 6.07) is 8.37. The Kier molecular flexibility index (Phi) is 3.03. The number of rotatable bonds is 3. The molecular formula is C16H14F2N4. The number of benzene rings is 1. The maximum absolute atomic E-state index is 12.9. The van der Waals surface area contributed by atoms with E-state index in [2.05, 4.69) is 15.1 Å². The fourth-order valence-corrected chi connectivity index (χ4v) is 2.62. The van der Waals surface area contributed by atoms with Crippen LogP contribution in [0.3, 0.4) is 0 Å². The van der Waals surface area contributed by atoms with E-state index in [1.165, 1.54) is 12.1 Å². The van der Waals surface area contributed by atoms with E-state index in [9.17, 15) is 8.78 Å². The summed E-state index contributed by atoms with van der Waals surface area (Å²) in [4.78, 5) is 6.25. The van der Waals surface area contributed by atoms with Crippen LogP contribution in [0.1, 0.15) is 18.4 Å². The van der Waals surface area contributed by atoms with Crippen molar-refractivity contribution in [2.45, 2.75) is 12.8 Å². The fourth-order valence-electron chi connectivity index (χ4n) is 2.62. The first-order valence-corrected chi connectivity index (χ1v) is 7.20. The van der Waals surface area contributed by atoms with Crippen LogP contribution in [0, 0.1) is 0 Å². The maximum atomic E-state index is 12.9. The smallest absolute Gasteiger partial charge is 0.263 e. The third-order valence-electron chi connectivity index (χ3n) is 3.97. The van der Waals surface area contributed by atoms with Gasteiger partial charge >= 0.3 is 0 Å². The van der Waals surface area contributed by atoms with Gasteiger partial charge in [0.25, 0.3) is 6.43 Å². The first kappa shape index (κ1) is 13.2. The van der Waals surface area contributed by atoms with Crippen molar-refractivity contribution in [2.75, 3.05) is 18.1 Å². The molecule has 1 fully saturated rings. The Bertz CT molecular complexity index is 824. The van der Waals surface area contributed by atoms with Crippen molar-refractivity contribution >= 4 is 11.0 Å². The van der Waals surface area contributed by atoms with Gasteiger partial charge in [-0.3, -0.25) is 9.99 Å².